The molecule has 0 N–H and O–H groups in total. The van der Waals surface area contributed by atoms with E-state index in [9.17, 15) is 4.79 Å². The number of carbonyl (C=O) groups is 1. The van der Waals surface area contributed by atoms with Crippen LogP contribution in [0.4, 0.5) is 0 Å². The smallest absolute Gasteiger partial charge is 0.302 e. The molecule has 5 heteroatoms. The van der Waals surface area contributed by atoms with Crippen LogP contribution in [0.5, 0.6) is 0 Å². The maximum atomic E-state index is 10.6. The molecule has 0 aliphatic rings. The lowest BCUT2D eigenvalue weighted by atomic mass is 10.2. The number of hydrogen-bond donors (Lipinski definition) is 0. The predicted octanol–water partition coefficient (Wildman–Crippen LogP) is 3.89. The highest BCUT2D eigenvalue weighted by Gasteiger charge is 2.07. The highest BCUT2D eigenvalue weighted by atomic mass is 79.9. The maximum absolute atomic E-state index is 10.6. The minimum absolute atomic E-state index is 0.252. The Balaban J connectivity index is 2.88. The van der Waals surface area contributed by atoms with Gasteiger partial charge in [-0.1, -0.05) is 11.6 Å². The molecule has 0 aliphatic carbocycles. The molecular weight excluding hydrogens is 300 g/mol. The lowest BCUT2D eigenvalue weighted by molar-refractivity contribution is -0.142. The van der Waals surface area contributed by atoms with Crippen LogP contribution in [0.25, 0.3) is 0 Å². The van der Waals surface area contributed by atoms with Gasteiger partial charge in [0.05, 0.1) is 5.02 Å². The Morgan fingerprint density at radius 1 is 1.60 bits per heavy atom. The number of carbonyl (C=O) groups excluding carboxylic acids is 1. The molecule has 15 heavy (non-hydrogen) atoms. The van der Waals surface area contributed by atoms with Crippen molar-refractivity contribution in [3.8, 4) is 0 Å². The van der Waals surface area contributed by atoms with Crippen molar-refractivity contribution in [1.82, 2.24) is 0 Å². The van der Waals surface area contributed by atoms with Crippen LogP contribution in [0, 0.1) is 0 Å². The topological polar surface area (TPSA) is 26.3 Å². The molecule has 0 amide bonds. The van der Waals surface area contributed by atoms with Crippen LogP contribution in [0.3, 0.4) is 0 Å². The summed E-state index contributed by atoms with van der Waals surface area (Å²) in [6, 6.07) is 3.71. The van der Waals surface area contributed by atoms with Gasteiger partial charge in [0, 0.05) is 16.3 Å². The Morgan fingerprint density at radius 2 is 2.27 bits per heavy atom. The van der Waals surface area contributed by atoms with Crippen molar-refractivity contribution in [1.29, 1.82) is 0 Å². The fraction of sp³-hybridized carbons (Fsp3) is 0.300. The molecule has 0 fully saturated rings. The van der Waals surface area contributed by atoms with E-state index in [2.05, 4.69) is 15.9 Å². The normalized spacial score (nSPS) is 10.1. The molecule has 0 atom stereocenters. The highest BCUT2D eigenvalue weighted by Crippen LogP contribution is 2.34. The van der Waals surface area contributed by atoms with Crippen molar-refractivity contribution >= 4 is 45.3 Å². The van der Waals surface area contributed by atoms with Crippen LogP contribution in [0.2, 0.25) is 5.02 Å². The van der Waals surface area contributed by atoms with Crippen LogP contribution < -0.4 is 0 Å². The van der Waals surface area contributed by atoms with Crippen LogP contribution in [0.15, 0.2) is 21.5 Å². The van der Waals surface area contributed by atoms with Crippen molar-refractivity contribution < 1.29 is 9.53 Å². The van der Waals surface area contributed by atoms with E-state index in [4.69, 9.17) is 16.3 Å². The Kier molecular flexibility index (Phi) is 4.96. The van der Waals surface area contributed by atoms with Gasteiger partial charge in [0.1, 0.15) is 6.61 Å². The van der Waals surface area contributed by atoms with Crippen molar-refractivity contribution in [3.63, 3.8) is 0 Å². The first-order chi connectivity index (χ1) is 7.04. The standard InChI is InChI=1S/C10H10BrClO2S/c1-6(13)14-5-7-3-8(11)10(15-2)9(12)4-7/h3-4H,5H2,1-2H3. The average Bonchev–Trinajstić information content (AvgIpc) is 2.14. The summed E-state index contributed by atoms with van der Waals surface area (Å²) in [5.74, 6) is -0.295. The second kappa shape index (κ2) is 5.77. The zero-order valence-corrected chi connectivity index (χ0v) is 11.5. The largest absolute Gasteiger partial charge is 0.461 e. The lowest BCUT2D eigenvalue weighted by Gasteiger charge is -2.08. The van der Waals surface area contributed by atoms with Crippen LogP contribution in [-0.4, -0.2) is 12.2 Å². The third-order valence-electron chi connectivity index (χ3n) is 1.70. The van der Waals surface area contributed by atoms with Gasteiger partial charge in [0.25, 0.3) is 0 Å². The summed E-state index contributed by atoms with van der Waals surface area (Å²) >= 11 is 11.0. The van der Waals surface area contributed by atoms with E-state index in [0.717, 1.165) is 14.9 Å². The van der Waals surface area contributed by atoms with Gasteiger partial charge in [-0.3, -0.25) is 4.79 Å². The van der Waals surface area contributed by atoms with Crippen molar-refractivity contribution in [2.24, 2.45) is 0 Å². The van der Waals surface area contributed by atoms with E-state index >= 15 is 0 Å². The van der Waals surface area contributed by atoms with E-state index in [1.165, 1.54) is 6.92 Å². The average molecular weight is 310 g/mol. The molecule has 0 aliphatic heterocycles. The summed E-state index contributed by atoms with van der Waals surface area (Å²) in [7, 11) is 0. The van der Waals surface area contributed by atoms with Gasteiger partial charge in [-0.15, -0.1) is 11.8 Å². The van der Waals surface area contributed by atoms with Crippen molar-refractivity contribution in [3.05, 3.63) is 27.2 Å². The maximum Gasteiger partial charge on any atom is 0.302 e. The number of benzene rings is 1. The molecule has 0 saturated carbocycles. The van der Waals surface area contributed by atoms with E-state index in [0.29, 0.717) is 5.02 Å². The molecule has 1 aromatic rings. The molecule has 0 unspecified atom stereocenters. The van der Waals surface area contributed by atoms with Crippen molar-refractivity contribution in [2.75, 3.05) is 6.26 Å². The van der Waals surface area contributed by atoms with E-state index in [1.807, 2.05) is 12.3 Å². The molecule has 0 heterocycles. The molecule has 1 aromatic carbocycles. The van der Waals surface area contributed by atoms with Crippen molar-refractivity contribution in [2.45, 2.75) is 18.4 Å². The lowest BCUT2D eigenvalue weighted by Crippen LogP contribution is -1.99. The fourth-order valence-corrected chi connectivity index (χ4v) is 3.16. The molecule has 2 nitrogen and oxygen atoms in total. The number of ether oxygens (including phenoxy) is 1. The number of halogens is 2. The first-order valence-corrected chi connectivity index (χ1v) is 6.59. The molecule has 0 bridgehead atoms. The Bertz CT molecular complexity index is 359. The number of esters is 1. The zero-order valence-electron chi connectivity index (χ0n) is 8.34. The van der Waals surface area contributed by atoms with E-state index < -0.39 is 0 Å². The van der Waals surface area contributed by atoms with Gasteiger partial charge in [-0.25, -0.2) is 0 Å². The Labute approximate surface area is 106 Å². The van der Waals surface area contributed by atoms with Gasteiger partial charge in [0.15, 0.2) is 0 Å². The minimum Gasteiger partial charge on any atom is -0.461 e. The number of thioether (sulfide) groups is 1. The third-order valence-corrected chi connectivity index (χ3v) is 3.85. The summed E-state index contributed by atoms with van der Waals surface area (Å²) in [5.41, 5.74) is 0.875. The summed E-state index contributed by atoms with van der Waals surface area (Å²) in [5, 5.41) is 0.666. The SMILES string of the molecule is CSc1c(Cl)cc(COC(C)=O)cc1Br. The van der Waals surface area contributed by atoms with Gasteiger partial charge in [0.2, 0.25) is 0 Å². The highest BCUT2D eigenvalue weighted by molar-refractivity contribution is 9.10. The number of rotatable bonds is 3. The third kappa shape index (κ3) is 3.70. The van der Waals surface area contributed by atoms with Crippen LogP contribution in [-0.2, 0) is 16.1 Å². The number of hydrogen-bond acceptors (Lipinski definition) is 3. The van der Waals surface area contributed by atoms with Gasteiger partial charge in [-0.2, -0.15) is 0 Å². The quantitative estimate of drug-likeness (QED) is 0.626. The van der Waals surface area contributed by atoms with Gasteiger partial charge < -0.3 is 4.74 Å². The molecule has 0 saturated heterocycles. The van der Waals surface area contributed by atoms with Crippen LogP contribution in [0.1, 0.15) is 12.5 Å². The van der Waals surface area contributed by atoms with Gasteiger partial charge >= 0.3 is 5.97 Å². The van der Waals surface area contributed by atoms with Crippen LogP contribution >= 0.6 is 39.3 Å². The minimum atomic E-state index is -0.295. The summed E-state index contributed by atoms with van der Waals surface area (Å²) in [6.07, 6.45) is 1.96. The van der Waals surface area contributed by atoms with Gasteiger partial charge in [-0.05, 0) is 39.9 Å². The predicted molar refractivity (Wildman–Crippen MR) is 66.4 cm³/mol. The molecule has 0 radical (unpaired) electrons. The molecule has 82 valence electrons. The van der Waals surface area contributed by atoms with E-state index in [-0.39, 0.29) is 12.6 Å². The molecule has 0 spiro atoms. The second-order valence-electron chi connectivity index (χ2n) is 2.87. The molecule has 0 aromatic heterocycles. The first kappa shape index (κ1) is 12.9. The zero-order chi connectivity index (χ0) is 11.4. The second-order valence-corrected chi connectivity index (χ2v) is 4.95. The Hall–Kier alpha value is -0.190. The monoisotopic (exact) mass is 308 g/mol. The summed E-state index contributed by atoms with van der Waals surface area (Å²) in [4.78, 5) is 11.6. The Morgan fingerprint density at radius 3 is 2.73 bits per heavy atom. The first-order valence-electron chi connectivity index (χ1n) is 4.20. The fourth-order valence-electron chi connectivity index (χ4n) is 1.08. The van der Waals surface area contributed by atoms with E-state index in [1.54, 1.807) is 17.8 Å². The summed E-state index contributed by atoms with van der Waals surface area (Å²) in [6.45, 7) is 1.63. The molecule has 1 rings (SSSR count). The molecular formula is C10H10BrClO2S. The summed E-state index contributed by atoms with van der Waals surface area (Å²) < 4.78 is 5.81.